The number of aliphatic hydroxyl groups is 1. The Hall–Kier alpha value is -4.16. The van der Waals surface area contributed by atoms with E-state index in [4.69, 9.17) is 10.5 Å². The van der Waals surface area contributed by atoms with Gasteiger partial charge in [-0.05, 0) is 43.0 Å². The lowest BCUT2D eigenvalue weighted by atomic mass is 9.85. The summed E-state index contributed by atoms with van der Waals surface area (Å²) >= 11 is 0. The van der Waals surface area contributed by atoms with Gasteiger partial charge in [-0.15, -0.1) is 0 Å². The van der Waals surface area contributed by atoms with Crippen molar-refractivity contribution in [2.75, 3.05) is 24.7 Å². The SMILES string of the molecule is NC(=O)Cn1cc(N(c2cccc(F)c2F)c2ncnc3cc(OCCN[C@@H]4CCCC[C@H]4CO)ccc23)cn1. The van der Waals surface area contributed by atoms with Crippen molar-refractivity contribution in [1.82, 2.24) is 25.1 Å². The average molecular weight is 552 g/mol. The van der Waals surface area contributed by atoms with Crippen LogP contribution in [0, 0.1) is 17.6 Å². The zero-order valence-corrected chi connectivity index (χ0v) is 21.8. The lowest BCUT2D eigenvalue weighted by Gasteiger charge is -2.31. The highest BCUT2D eigenvalue weighted by molar-refractivity contribution is 5.95. The number of aromatic nitrogens is 4. The van der Waals surface area contributed by atoms with Crippen LogP contribution in [0.1, 0.15) is 25.7 Å². The largest absolute Gasteiger partial charge is 0.492 e. The van der Waals surface area contributed by atoms with Crippen molar-refractivity contribution in [3.05, 3.63) is 66.8 Å². The second-order valence-corrected chi connectivity index (χ2v) is 9.78. The summed E-state index contributed by atoms with van der Waals surface area (Å²) < 4.78 is 36.6. The van der Waals surface area contributed by atoms with Crippen molar-refractivity contribution in [1.29, 1.82) is 0 Å². The van der Waals surface area contributed by atoms with Gasteiger partial charge in [0, 0.05) is 36.8 Å². The van der Waals surface area contributed by atoms with Crippen molar-refractivity contribution in [2.24, 2.45) is 11.7 Å². The number of amides is 1. The van der Waals surface area contributed by atoms with Gasteiger partial charge >= 0.3 is 0 Å². The Morgan fingerprint density at radius 3 is 2.88 bits per heavy atom. The molecule has 1 saturated carbocycles. The summed E-state index contributed by atoms with van der Waals surface area (Å²) in [4.78, 5) is 21.6. The first-order valence-electron chi connectivity index (χ1n) is 13.2. The molecule has 4 N–H and O–H groups in total. The second-order valence-electron chi connectivity index (χ2n) is 9.78. The molecule has 0 bridgehead atoms. The topological polar surface area (TPSA) is 131 Å². The van der Waals surface area contributed by atoms with Gasteiger partial charge in [0.15, 0.2) is 11.6 Å². The van der Waals surface area contributed by atoms with E-state index in [0.717, 1.165) is 31.7 Å². The smallest absolute Gasteiger partial charge is 0.239 e. The molecule has 5 rings (SSSR count). The van der Waals surface area contributed by atoms with Gasteiger partial charge in [-0.2, -0.15) is 5.10 Å². The van der Waals surface area contributed by atoms with E-state index < -0.39 is 17.5 Å². The molecule has 2 aromatic carbocycles. The first-order chi connectivity index (χ1) is 19.4. The first-order valence-corrected chi connectivity index (χ1v) is 13.2. The number of hydrogen-bond donors (Lipinski definition) is 3. The number of nitrogens with one attached hydrogen (secondary N) is 1. The molecule has 40 heavy (non-hydrogen) atoms. The molecule has 0 unspecified atom stereocenters. The standard InChI is InChI=1S/C28H31F2N7O3/c29-22-5-3-7-25(27(22)30)37(19-13-35-36(14-19)15-26(31)39)28-21-9-8-20(12-24(21)33-17-34-28)40-11-10-32-23-6-2-1-4-18(23)16-38/h3,5,7-9,12-14,17-18,23,32,38H,1-2,4,6,10-11,15-16H2,(H2,31,39)/t18-,23+/m0/s1. The second kappa shape index (κ2) is 12.3. The molecule has 1 aliphatic carbocycles. The maximum Gasteiger partial charge on any atom is 0.239 e. The number of carbonyl (C=O) groups is 1. The number of halogens is 2. The van der Waals surface area contributed by atoms with Gasteiger partial charge in [0.05, 0.1) is 23.1 Å². The number of benzene rings is 2. The third kappa shape index (κ3) is 6.02. The maximum absolute atomic E-state index is 15.1. The molecule has 4 aromatic rings. The Kier molecular flexibility index (Phi) is 8.46. The van der Waals surface area contributed by atoms with Crippen LogP contribution >= 0.6 is 0 Å². The highest BCUT2D eigenvalue weighted by Gasteiger charge is 2.25. The normalized spacial score (nSPS) is 17.2. The van der Waals surface area contributed by atoms with Crippen molar-refractivity contribution in [3.8, 4) is 5.75 Å². The van der Waals surface area contributed by atoms with Crippen LogP contribution in [0.4, 0.5) is 26.0 Å². The van der Waals surface area contributed by atoms with E-state index in [-0.39, 0.29) is 36.6 Å². The molecule has 0 aliphatic heterocycles. The van der Waals surface area contributed by atoms with E-state index in [1.54, 1.807) is 18.2 Å². The lowest BCUT2D eigenvalue weighted by molar-refractivity contribution is -0.118. The Morgan fingerprint density at radius 1 is 1.20 bits per heavy atom. The van der Waals surface area contributed by atoms with Gasteiger partial charge in [0.2, 0.25) is 5.91 Å². The number of aliphatic hydroxyl groups excluding tert-OH is 1. The number of rotatable bonds is 11. The van der Waals surface area contributed by atoms with Gasteiger partial charge in [-0.1, -0.05) is 18.9 Å². The monoisotopic (exact) mass is 551 g/mol. The summed E-state index contributed by atoms with van der Waals surface area (Å²) in [6, 6.07) is 9.42. The molecular formula is C28H31F2N7O3. The predicted molar refractivity (Wildman–Crippen MR) is 145 cm³/mol. The van der Waals surface area contributed by atoms with E-state index in [1.165, 1.54) is 40.4 Å². The summed E-state index contributed by atoms with van der Waals surface area (Å²) in [6.45, 7) is 1.07. The van der Waals surface area contributed by atoms with E-state index in [1.807, 2.05) is 0 Å². The Bertz CT molecular complexity index is 1480. The van der Waals surface area contributed by atoms with E-state index in [2.05, 4.69) is 20.4 Å². The molecule has 2 heterocycles. The molecule has 2 atom stereocenters. The molecule has 1 fully saturated rings. The van der Waals surface area contributed by atoms with Gasteiger partial charge in [-0.25, -0.2) is 18.7 Å². The van der Waals surface area contributed by atoms with E-state index >= 15 is 4.39 Å². The highest BCUT2D eigenvalue weighted by Crippen LogP contribution is 2.39. The summed E-state index contributed by atoms with van der Waals surface area (Å²) in [5.41, 5.74) is 6.08. The molecule has 1 aliphatic rings. The number of nitrogens with zero attached hydrogens (tertiary/aromatic N) is 5. The van der Waals surface area contributed by atoms with Crippen LogP contribution in [0.5, 0.6) is 5.75 Å². The minimum Gasteiger partial charge on any atom is -0.492 e. The highest BCUT2D eigenvalue weighted by atomic mass is 19.2. The number of fused-ring (bicyclic) bond motifs is 1. The van der Waals surface area contributed by atoms with Crippen LogP contribution in [0.15, 0.2) is 55.1 Å². The fourth-order valence-corrected chi connectivity index (χ4v) is 5.15. The fraction of sp³-hybridized carbons (Fsp3) is 0.357. The minimum atomic E-state index is -1.06. The molecule has 0 spiro atoms. The number of anilines is 3. The van der Waals surface area contributed by atoms with Crippen molar-refractivity contribution >= 4 is 34.0 Å². The Labute approximate surface area is 229 Å². The lowest BCUT2D eigenvalue weighted by Crippen LogP contribution is -2.41. The van der Waals surface area contributed by atoms with Gasteiger partial charge in [-0.3, -0.25) is 14.4 Å². The summed E-state index contributed by atoms with van der Waals surface area (Å²) in [5.74, 6) is -1.52. The third-order valence-electron chi connectivity index (χ3n) is 7.09. The Morgan fingerprint density at radius 2 is 2.05 bits per heavy atom. The van der Waals surface area contributed by atoms with Gasteiger partial charge < -0.3 is 20.9 Å². The van der Waals surface area contributed by atoms with Crippen LogP contribution in [0.2, 0.25) is 0 Å². The third-order valence-corrected chi connectivity index (χ3v) is 7.09. The van der Waals surface area contributed by atoms with E-state index in [0.29, 0.717) is 35.5 Å². The van der Waals surface area contributed by atoms with Crippen LogP contribution in [-0.2, 0) is 11.3 Å². The molecule has 1 amide bonds. The minimum absolute atomic E-state index is 0.0890. The number of primary amides is 1. The van der Waals surface area contributed by atoms with Crippen molar-refractivity contribution in [2.45, 2.75) is 38.3 Å². The van der Waals surface area contributed by atoms with Crippen LogP contribution < -0.4 is 20.7 Å². The maximum atomic E-state index is 15.1. The summed E-state index contributed by atoms with van der Waals surface area (Å²) in [5, 5.41) is 17.8. The molecule has 210 valence electrons. The molecule has 0 saturated heterocycles. The van der Waals surface area contributed by atoms with Crippen LogP contribution in [0.3, 0.4) is 0 Å². The average Bonchev–Trinajstić information content (AvgIpc) is 3.41. The molecule has 0 radical (unpaired) electrons. The molecule has 12 heteroatoms. The predicted octanol–water partition coefficient (Wildman–Crippen LogP) is 3.58. The molecule has 10 nitrogen and oxygen atoms in total. The first kappa shape index (κ1) is 27.4. The summed E-state index contributed by atoms with van der Waals surface area (Å²) in [7, 11) is 0. The van der Waals surface area contributed by atoms with E-state index in [9.17, 15) is 14.3 Å². The zero-order valence-electron chi connectivity index (χ0n) is 21.8. The quantitative estimate of drug-likeness (QED) is 0.241. The Balaban J connectivity index is 1.40. The zero-order chi connectivity index (χ0) is 28.1. The summed E-state index contributed by atoms with van der Waals surface area (Å²) in [6.07, 6.45) is 8.64. The fourth-order valence-electron chi connectivity index (χ4n) is 5.15. The van der Waals surface area contributed by atoms with Crippen LogP contribution in [-0.4, -0.2) is 56.6 Å². The molecular weight excluding hydrogens is 520 g/mol. The van der Waals surface area contributed by atoms with Crippen molar-refractivity contribution in [3.63, 3.8) is 0 Å². The van der Waals surface area contributed by atoms with Gasteiger partial charge in [0.25, 0.3) is 0 Å². The number of hydrogen-bond acceptors (Lipinski definition) is 8. The number of ether oxygens (including phenoxy) is 1. The van der Waals surface area contributed by atoms with Gasteiger partial charge in [0.1, 0.15) is 31.0 Å². The van der Waals surface area contributed by atoms with Crippen molar-refractivity contribution < 1.29 is 23.4 Å². The number of carbonyl (C=O) groups excluding carboxylic acids is 1. The molecule has 2 aromatic heterocycles. The number of nitrogens with two attached hydrogens (primary N) is 1. The van der Waals surface area contributed by atoms with Crippen LogP contribution in [0.25, 0.3) is 10.9 Å².